The summed E-state index contributed by atoms with van der Waals surface area (Å²) in [7, 11) is 0. The van der Waals surface area contributed by atoms with Crippen LogP contribution in [-0.2, 0) is 6.54 Å². The van der Waals surface area contributed by atoms with Gasteiger partial charge in [-0.05, 0) is 44.2 Å². The highest BCUT2D eigenvalue weighted by molar-refractivity contribution is 5.85. The molecular weight excluding hydrogens is 248 g/mol. The van der Waals surface area contributed by atoms with Crippen LogP contribution in [0, 0.1) is 0 Å². The summed E-state index contributed by atoms with van der Waals surface area (Å²) >= 11 is 0. The molecular formula is C17H20N2O. The number of fused-ring (bicyclic) bond motifs is 1. The number of hydrogen-bond acceptors (Lipinski definition) is 3. The summed E-state index contributed by atoms with van der Waals surface area (Å²) in [6, 6.07) is 11.1. The predicted molar refractivity (Wildman–Crippen MR) is 79.9 cm³/mol. The summed E-state index contributed by atoms with van der Waals surface area (Å²) in [5.41, 5.74) is 2.13. The maximum atomic E-state index is 6.16. The van der Waals surface area contributed by atoms with E-state index in [4.69, 9.17) is 9.72 Å². The highest BCUT2D eigenvalue weighted by Crippen LogP contribution is 2.31. The molecule has 3 nitrogen and oxygen atoms in total. The lowest BCUT2D eigenvalue weighted by Gasteiger charge is -2.27. The molecule has 0 aliphatic heterocycles. The van der Waals surface area contributed by atoms with Crippen LogP contribution in [0.2, 0.25) is 0 Å². The van der Waals surface area contributed by atoms with Crippen molar-refractivity contribution in [3.63, 3.8) is 0 Å². The number of hydrogen-bond donors (Lipinski definition) is 1. The molecule has 1 aromatic heterocycles. The lowest BCUT2D eigenvalue weighted by Crippen LogP contribution is -2.25. The van der Waals surface area contributed by atoms with Gasteiger partial charge in [-0.3, -0.25) is 4.98 Å². The first-order chi connectivity index (χ1) is 9.88. The lowest BCUT2D eigenvalue weighted by atomic mass is 9.96. The van der Waals surface area contributed by atoms with Gasteiger partial charge in [-0.1, -0.05) is 12.1 Å². The van der Waals surface area contributed by atoms with Crippen molar-refractivity contribution in [2.24, 2.45) is 0 Å². The molecule has 2 fully saturated rings. The van der Waals surface area contributed by atoms with Gasteiger partial charge >= 0.3 is 0 Å². The van der Waals surface area contributed by atoms with E-state index in [0.29, 0.717) is 12.1 Å². The van der Waals surface area contributed by atoms with Crippen LogP contribution in [0.25, 0.3) is 10.9 Å². The van der Waals surface area contributed by atoms with E-state index in [9.17, 15) is 0 Å². The molecule has 0 amide bonds. The first-order valence-corrected chi connectivity index (χ1v) is 7.67. The number of para-hydroxylation sites is 1. The van der Waals surface area contributed by atoms with Crippen LogP contribution in [0.4, 0.5) is 0 Å². The van der Waals surface area contributed by atoms with E-state index < -0.39 is 0 Å². The third-order valence-electron chi connectivity index (χ3n) is 4.23. The van der Waals surface area contributed by atoms with Crippen LogP contribution in [0.1, 0.15) is 37.8 Å². The van der Waals surface area contributed by atoms with E-state index in [1.54, 1.807) is 0 Å². The van der Waals surface area contributed by atoms with Crippen LogP contribution < -0.4 is 10.1 Å². The van der Waals surface area contributed by atoms with Crippen molar-refractivity contribution in [2.45, 2.75) is 50.8 Å². The molecule has 2 saturated carbocycles. The Hall–Kier alpha value is -1.61. The Kier molecular flexibility index (Phi) is 3.07. The first kappa shape index (κ1) is 12.2. The second kappa shape index (κ2) is 5.06. The van der Waals surface area contributed by atoms with Gasteiger partial charge in [0, 0.05) is 24.0 Å². The minimum absolute atomic E-state index is 0.407. The fourth-order valence-electron chi connectivity index (χ4n) is 2.59. The normalized spacial score (nSPS) is 19.0. The smallest absolute Gasteiger partial charge is 0.130 e. The van der Waals surface area contributed by atoms with Crippen molar-refractivity contribution in [3.8, 4) is 5.75 Å². The van der Waals surface area contributed by atoms with Gasteiger partial charge in [0.15, 0.2) is 0 Å². The lowest BCUT2D eigenvalue weighted by molar-refractivity contribution is 0.122. The van der Waals surface area contributed by atoms with Crippen LogP contribution in [0.5, 0.6) is 5.75 Å². The predicted octanol–water partition coefficient (Wildman–Crippen LogP) is 3.42. The molecule has 20 heavy (non-hydrogen) atoms. The van der Waals surface area contributed by atoms with Crippen molar-refractivity contribution in [2.75, 3.05) is 0 Å². The fraction of sp³-hybridized carbons (Fsp3) is 0.471. The molecule has 2 aliphatic rings. The summed E-state index contributed by atoms with van der Waals surface area (Å²) in [5, 5.41) is 4.66. The van der Waals surface area contributed by atoms with Crippen molar-refractivity contribution < 1.29 is 4.74 Å². The molecule has 0 radical (unpaired) electrons. The molecule has 2 aromatic rings. The van der Waals surface area contributed by atoms with Crippen molar-refractivity contribution in [1.29, 1.82) is 0 Å². The molecule has 2 aliphatic carbocycles. The van der Waals surface area contributed by atoms with Crippen molar-refractivity contribution >= 4 is 10.9 Å². The van der Waals surface area contributed by atoms with E-state index in [2.05, 4.69) is 29.6 Å². The molecule has 104 valence electrons. The molecule has 3 heteroatoms. The Bertz CT molecular complexity index is 617. The second-order valence-corrected chi connectivity index (χ2v) is 5.95. The Labute approximate surface area is 119 Å². The zero-order valence-corrected chi connectivity index (χ0v) is 11.6. The zero-order chi connectivity index (χ0) is 13.4. The van der Waals surface area contributed by atoms with Crippen LogP contribution in [0.15, 0.2) is 30.3 Å². The summed E-state index contributed by atoms with van der Waals surface area (Å²) in [5.74, 6) is 1.01. The molecule has 1 N–H and O–H groups in total. The van der Waals surface area contributed by atoms with Crippen LogP contribution in [-0.4, -0.2) is 17.1 Å². The molecule has 0 saturated heterocycles. The van der Waals surface area contributed by atoms with Gasteiger partial charge in [0.1, 0.15) is 5.75 Å². The third-order valence-corrected chi connectivity index (χ3v) is 4.23. The second-order valence-electron chi connectivity index (χ2n) is 5.95. The molecule has 4 rings (SSSR count). The third kappa shape index (κ3) is 2.50. The molecule has 0 unspecified atom stereocenters. The number of pyridine rings is 1. The molecule has 0 atom stereocenters. The number of nitrogens with one attached hydrogen (secondary N) is 1. The van der Waals surface area contributed by atoms with Crippen molar-refractivity contribution in [3.05, 3.63) is 36.0 Å². The first-order valence-electron chi connectivity index (χ1n) is 7.67. The Morgan fingerprint density at radius 3 is 2.75 bits per heavy atom. The zero-order valence-electron chi connectivity index (χ0n) is 11.6. The van der Waals surface area contributed by atoms with E-state index in [-0.39, 0.29) is 0 Å². The monoisotopic (exact) mass is 268 g/mol. The fourth-order valence-corrected chi connectivity index (χ4v) is 2.59. The highest BCUT2D eigenvalue weighted by Gasteiger charge is 2.22. The van der Waals surface area contributed by atoms with E-state index in [1.807, 2.05) is 6.07 Å². The number of aromatic nitrogens is 1. The largest absolute Gasteiger partial charge is 0.490 e. The minimum Gasteiger partial charge on any atom is -0.490 e. The van der Waals surface area contributed by atoms with Gasteiger partial charge in [-0.15, -0.1) is 0 Å². The maximum absolute atomic E-state index is 6.16. The topological polar surface area (TPSA) is 34.1 Å². The van der Waals surface area contributed by atoms with Gasteiger partial charge in [-0.2, -0.15) is 0 Å². The summed E-state index contributed by atoms with van der Waals surface area (Å²) in [6.07, 6.45) is 6.69. The van der Waals surface area contributed by atoms with Crippen LogP contribution in [0.3, 0.4) is 0 Å². The Balaban J connectivity index is 1.64. The Morgan fingerprint density at radius 2 is 2.00 bits per heavy atom. The average Bonchev–Trinajstić information content (AvgIpc) is 3.24. The number of benzene rings is 1. The molecule has 1 aromatic carbocycles. The van der Waals surface area contributed by atoms with Gasteiger partial charge in [0.25, 0.3) is 0 Å². The SMILES string of the molecule is c1ccc2c(OC3CCC3)cc(CNC3CC3)nc2c1. The highest BCUT2D eigenvalue weighted by atomic mass is 16.5. The number of rotatable bonds is 5. The van der Waals surface area contributed by atoms with Gasteiger partial charge in [-0.25, -0.2) is 0 Å². The summed E-state index contributed by atoms with van der Waals surface area (Å²) in [4.78, 5) is 4.74. The molecule has 0 spiro atoms. The summed E-state index contributed by atoms with van der Waals surface area (Å²) in [6.45, 7) is 0.844. The van der Waals surface area contributed by atoms with E-state index in [1.165, 1.54) is 32.1 Å². The van der Waals surface area contributed by atoms with Crippen molar-refractivity contribution in [1.82, 2.24) is 10.3 Å². The molecule has 0 bridgehead atoms. The Morgan fingerprint density at radius 1 is 1.15 bits per heavy atom. The average molecular weight is 268 g/mol. The molecule has 1 heterocycles. The standard InChI is InChI=1S/C17H20N2O/c1-2-7-16-15(6-1)17(20-14-4-3-5-14)10-13(19-16)11-18-12-8-9-12/h1-2,6-7,10,12,14,18H,3-5,8-9,11H2. The van der Waals surface area contributed by atoms with E-state index in [0.717, 1.165) is 28.9 Å². The van der Waals surface area contributed by atoms with E-state index >= 15 is 0 Å². The van der Waals surface area contributed by atoms with Gasteiger partial charge in [0.05, 0.1) is 17.3 Å². The van der Waals surface area contributed by atoms with Gasteiger partial charge < -0.3 is 10.1 Å². The number of nitrogens with zero attached hydrogens (tertiary/aromatic N) is 1. The van der Waals surface area contributed by atoms with Crippen LogP contribution >= 0.6 is 0 Å². The minimum atomic E-state index is 0.407. The van der Waals surface area contributed by atoms with Gasteiger partial charge in [0.2, 0.25) is 0 Å². The number of ether oxygens (including phenoxy) is 1. The quantitative estimate of drug-likeness (QED) is 0.902. The maximum Gasteiger partial charge on any atom is 0.130 e. The summed E-state index contributed by atoms with van der Waals surface area (Å²) < 4.78 is 6.16.